The van der Waals surface area contributed by atoms with Crippen LogP contribution in [-0.2, 0) is 6.54 Å². The summed E-state index contributed by atoms with van der Waals surface area (Å²) in [5, 5.41) is 6.42. The summed E-state index contributed by atoms with van der Waals surface area (Å²) in [6.45, 7) is 4.15. The van der Waals surface area contributed by atoms with Crippen molar-refractivity contribution in [3.05, 3.63) is 47.2 Å². The second-order valence-electron chi connectivity index (χ2n) is 7.77. The van der Waals surface area contributed by atoms with Gasteiger partial charge in [0, 0.05) is 61.8 Å². The molecule has 178 valence electrons. The zero-order valence-corrected chi connectivity index (χ0v) is 19.2. The van der Waals surface area contributed by atoms with Crippen LogP contribution in [0.15, 0.2) is 46.0 Å². The number of carbonyl (C=O) groups excluding carboxylic acids is 1. The zero-order valence-electron chi connectivity index (χ0n) is 18.5. The largest absolute Gasteiger partial charge is 0.417 e. The summed E-state index contributed by atoms with van der Waals surface area (Å²) in [4.78, 5) is 20.1. The summed E-state index contributed by atoms with van der Waals surface area (Å²) < 4.78 is 40.2. The molecule has 1 aromatic carbocycles. The van der Waals surface area contributed by atoms with Crippen molar-refractivity contribution in [3.63, 3.8) is 0 Å². The van der Waals surface area contributed by atoms with Crippen LogP contribution in [-0.4, -0.2) is 67.2 Å². The first-order valence-electron chi connectivity index (χ1n) is 10.7. The Kier molecular flexibility index (Phi) is 8.45. The highest BCUT2D eigenvalue weighted by molar-refractivity contribution is 6.23. The van der Waals surface area contributed by atoms with Gasteiger partial charge in [-0.25, -0.2) is 0 Å². The molecule has 2 N–H and O–H groups in total. The van der Waals surface area contributed by atoms with E-state index in [-0.39, 0.29) is 5.78 Å². The number of halogens is 4. The van der Waals surface area contributed by atoms with Crippen molar-refractivity contribution < 1.29 is 18.0 Å². The summed E-state index contributed by atoms with van der Waals surface area (Å²) in [6, 6.07) is 5.85. The maximum Gasteiger partial charge on any atom is 0.417 e. The molecule has 33 heavy (non-hydrogen) atoms. The van der Waals surface area contributed by atoms with Crippen LogP contribution in [0.3, 0.4) is 0 Å². The Hall–Kier alpha value is -2.49. The molecule has 0 saturated heterocycles. The summed E-state index contributed by atoms with van der Waals surface area (Å²) in [7, 11) is 1.71. The quantitative estimate of drug-likeness (QED) is 0.233. The van der Waals surface area contributed by atoms with Crippen molar-refractivity contribution in [2.75, 3.05) is 26.7 Å². The van der Waals surface area contributed by atoms with Crippen LogP contribution in [0.25, 0.3) is 10.9 Å². The van der Waals surface area contributed by atoms with Crippen molar-refractivity contribution in [2.24, 2.45) is 9.98 Å². The van der Waals surface area contributed by atoms with Gasteiger partial charge in [0.2, 0.25) is 0 Å². The van der Waals surface area contributed by atoms with Crippen LogP contribution in [0.1, 0.15) is 29.3 Å². The summed E-state index contributed by atoms with van der Waals surface area (Å²) in [6.07, 6.45) is 1.28. The number of allylic oxidation sites excluding steroid dienone is 1. The number of Topliss-reactive ketones (excluding diaryl/α,β-unsaturated/α-hetero) is 1. The highest BCUT2D eigenvalue weighted by atomic mass is 35.5. The van der Waals surface area contributed by atoms with Gasteiger partial charge in [-0.05, 0) is 26.0 Å². The van der Waals surface area contributed by atoms with E-state index in [2.05, 4.69) is 25.2 Å². The van der Waals surface area contributed by atoms with Gasteiger partial charge in [0.15, 0.2) is 5.78 Å². The molecule has 0 aliphatic carbocycles. The topological polar surface area (TPSA) is 70.8 Å². The normalized spacial score (nSPS) is 18.9. The van der Waals surface area contributed by atoms with E-state index in [4.69, 9.17) is 11.6 Å². The number of hydrogen-bond donors (Lipinski definition) is 2. The van der Waals surface area contributed by atoms with E-state index in [1.54, 1.807) is 20.2 Å². The third-order valence-electron chi connectivity index (χ3n) is 5.33. The molecule has 0 spiro atoms. The molecule has 1 aliphatic rings. The van der Waals surface area contributed by atoms with Gasteiger partial charge in [-0.3, -0.25) is 20.1 Å². The summed E-state index contributed by atoms with van der Waals surface area (Å²) in [5.74, 6) is 0.0219. The second-order valence-corrected chi connectivity index (χ2v) is 8.27. The Morgan fingerprint density at radius 2 is 2.09 bits per heavy atom. The van der Waals surface area contributed by atoms with E-state index in [1.807, 2.05) is 24.4 Å². The van der Waals surface area contributed by atoms with E-state index in [0.29, 0.717) is 18.7 Å². The first kappa shape index (κ1) is 25.1. The number of nitrogens with one attached hydrogen (secondary N) is 2. The van der Waals surface area contributed by atoms with Gasteiger partial charge in [0.05, 0.1) is 16.5 Å². The molecule has 0 saturated carbocycles. The number of aliphatic imine (C=N–C) groups is 2. The fraction of sp³-hybridized carbons (Fsp3) is 0.435. The number of ketones is 1. The number of aromatic nitrogens is 1. The van der Waals surface area contributed by atoms with Crippen LogP contribution >= 0.6 is 11.6 Å². The van der Waals surface area contributed by atoms with Gasteiger partial charge in [-0.1, -0.05) is 18.2 Å². The number of dihydropyridines is 1. The highest BCUT2D eigenvalue weighted by Crippen LogP contribution is 2.28. The zero-order chi connectivity index (χ0) is 24.0. The molecule has 3 rings (SSSR count). The molecule has 10 heteroatoms. The standard InChI is InChI=1S/C23H27ClF3N5O/c1-15(33)19-14-32(21-16(12-28-2)5-3-6-18(19)21)10-4-7-29-8-9-30-22-20(24)11-17(13-31-22)23(25,26)27/h3,5-6,11-14,20,22,29-30H,4,7-10H2,1-2H3. The van der Waals surface area contributed by atoms with Crippen molar-refractivity contribution in [3.8, 4) is 0 Å². The van der Waals surface area contributed by atoms with Gasteiger partial charge < -0.3 is 9.88 Å². The minimum Gasteiger partial charge on any atom is -0.346 e. The van der Waals surface area contributed by atoms with Crippen LogP contribution in [0.5, 0.6) is 0 Å². The number of benzene rings is 1. The monoisotopic (exact) mass is 481 g/mol. The number of para-hydroxylation sites is 1. The molecular formula is C23H27ClF3N5O. The third-order valence-corrected chi connectivity index (χ3v) is 5.69. The van der Waals surface area contributed by atoms with Gasteiger partial charge in [0.25, 0.3) is 0 Å². The molecule has 0 fully saturated rings. The van der Waals surface area contributed by atoms with Crippen LogP contribution in [0.4, 0.5) is 13.2 Å². The lowest BCUT2D eigenvalue weighted by molar-refractivity contribution is -0.0860. The third kappa shape index (κ3) is 6.31. The molecule has 2 unspecified atom stereocenters. The van der Waals surface area contributed by atoms with E-state index < -0.39 is 23.3 Å². The number of fused-ring (bicyclic) bond motifs is 1. The number of hydrogen-bond acceptors (Lipinski definition) is 5. The van der Waals surface area contributed by atoms with Crippen molar-refractivity contribution in [1.82, 2.24) is 15.2 Å². The molecule has 0 amide bonds. The predicted molar refractivity (Wildman–Crippen MR) is 127 cm³/mol. The average molecular weight is 482 g/mol. The number of nitrogens with zero attached hydrogens (tertiary/aromatic N) is 3. The van der Waals surface area contributed by atoms with E-state index in [0.717, 1.165) is 48.3 Å². The lowest BCUT2D eigenvalue weighted by Crippen LogP contribution is -2.41. The number of carbonyl (C=O) groups is 1. The Balaban J connectivity index is 1.47. The molecular weight excluding hydrogens is 455 g/mol. The Labute approximate surface area is 195 Å². The average Bonchev–Trinajstić information content (AvgIpc) is 3.13. The lowest BCUT2D eigenvalue weighted by atomic mass is 10.1. The fourth-order valence-corrected chi connectivity index (χ4v) is 4.07. The predicted octanol–water partition coefficient (Wildman–Crippen LogP) is 3.97. The Bertz CT molecular complexity index is 1070. The van der Waals surface area contributed by atoms with Gasteiger partial charge in [-0.15, -0.1) is 11.6 Å². The Morgan fingerprint density at radius 1 is 1.30 bits per heavy atom. The minimum absolute atomic E-state index is 0.0219. The van der Waals surface area contributed by atoms with Crippen molar-refractivity contribution in [1.29, 1.82) is 0 Å². The van der Waals surface area contributed by atoms with Crippen LogP contribution in [0, 0.1) is 0 Å². The van der Waals surface area contributed by atoms with Gasteiger partial charge >= 0.3 is 6.18 Å². The molecule has 1 aromatic heterocycles. The summed E-state index contributed by atoms with van der Waals surface area (Å²) >= 11 is 6.01. The number of rotatable bonds is 10. The molecule has 1 aliphatic heterocycles. The minimum atomic E-state index is -4.44. The fourth-order valence-electron chi connectivity index (χ4n) is 3.78. The maximum atomic E-state index is 12.7. The van der Waals surface area contributed by atoms with Crippen LogP contribution < -0.4 is 10.6 Å². The molecule has 2 heterocycles. The highest BCUT2D eigenvalue weighted by Gasteiger charge is 2.35. The first-order valence-corrected chi connectivity index (χ1v) is 11.1. The van der Waals surface area contributed by atoms with E-state index in [9.17, 15) is 18.0 Å². The lowest BCUT2D eigenvalue weighted by Gasteiger charge is -2.22. The number of aryl methyl sites for hydroxylation is 1. The van der Waals surface area contributed by atoms with Gasteiger partial charge in [0.1, 0.15) is 6.17 Å². The SMILES string of the molecule is CN=Cc1cccc2c(C(C)=O)cn(CCCNCCNC3N=CC(C(F)(F)F)=CC3Cl)c12. The maximum absolute atomic E-state index is 12.7. The van der Waals surface area contributed by atoms with Crippen LogP contribution in [0.2, 0.25) is 0 Å². The van der Waals surface area contributed by atoms with E-state index in [1.165, 1.54) is 0 Å². The molecule has 6 nitrogen and oxygen atoms in total. The number of alkyl halides is 4. The Morgan fingerprint density at radius 3 is 2.76 bits per heavy atom. The molecule has 0 radical (unpaired) electrons. The first-order chi connectivity index (χ1) is 15.7. The molecule has 2 aromatic rings. The smallest absolute Gasteiger partial charge is 0.346 e. The molecule has 0 bridgehead atoms. The van der Waals surface area contributed by atoms with E-state index >= 15 is 0 Å². The molecule has 2 atom stereocenters. The van der Waals surface area contributed by atoms with Crippen molar-refractivity contribution >= 4 is 40.7 Å². The van der Waals surface area contributed by atoms with Gasteiger partial charge in [-0.2, -0.15) is 13.2 Å². The van der Waals surface area contributed by atoms with Crippen molar-refractivity contribution in [2.45, 2.75) is 37.6 Å². The second kappa shape index (κ2) is 11.1. The summed E-state index contributed by atoms with van der Waals surface area (Å²) in [5.41, 5.74) is 1.83.